The van der Waals surface area contributed by atoms with Crippen LogP contribution in [0, 0.1) is 0 Å². The number of rotatable bonds is 6. The predicted molar refractivity (Wildman–Crippen MR) is 88.3 cm³/mol. The summed E-state index contributed by atoms with van der Waals surface area (Å²) in [7, 11) is 0. The number of hydrogen-bond donors (Lipinski definition) is 2. The van der Waals surface area contributed by atoms with Gasteiger partial charge in [-0.05, 0) is 18.1 Å². The molecule has 3 nitrogen and oxygen atoms in total. The van der Waals surface area contributed by atoms with E-state index in [0.717, 1.165) is 5.56 Å². The van der Waals surface area contributed by atoms with Crippen molar-refractivity contribution in [3.8, 4) is 11.5 Å². The number of ether oxygens (including phenoxy) is 1. The normalized spacial score (nSPS) is 12.3. The van der Waals surface area contributed by atoms with E-state index in [-0.39, 0.29) is 30.1 Å². The van der Waals surface area contributed by atoms with Crippen LogP contribution in [0.1, 0.15) is 30.0 Å². The van der Waals surface area contributed by atoms with E-state index in [1.807, 2.05) is 30.3 Å². The highest BCUT2D eigenvalue weighted by Gasteiger charge is 2.28. The fourth-order valence-electron chi connectivity index (χ4n) is 2.14. The van der Waals surface area contributed by atoms with Gasteiger partial charge in [-0.3, -0.25) is 0 Å². The largest absolute Gasteiger partial charge is 0.507 e. The molecule has 0 saturated heterocycles. The molecule has 24 heavy (non-hydrogen) atoms. The molecule has 132 valence electrons. The summed E-state index contributed by atoms with van der Waals surface area (Å²) in [5, 5.41) is 9.95. The van der Waals surface area contributed by atoms with E-state index in [9.17, 15) is 18.3 Å². The minimum Gasteiger partial charge on any atom is -0.507 e. The lowest BCUT2D eigenvalue weighted by atomic mass is 10.0. The lowest BCUT2D eigenvalue weighted by molar-refractivity contribution is -0.136. The van der Waals surface area contributed by atoms with E-state index in [2.05, 4.69) is 0 Å². The summed E-state index contributed by atoms with van der Waals surface area (Å²) in [6.45, 7) is 0.333. The smallest absolute Gasteiger partial charge is 0.389 e. The molecule has 7 heteroatoms. The standard InChI is InChI=1S/C17H18F3NO2.ClH/c18-17(19,20)9-8-15(21)14-7-6-13(10-16(14)22)23-11-12-4-2-1-3-5-12;/h1-7,10,15,22H,8-9,11,21H2;1H/t15-;/m0./s1. The van der Waals surface area contributed by atoms with Gasteiger partial charge in [0.25, 0.3) is 0 Å². The Kier molecular flexibility index (Phi) is 7.38. The molecule has 2 aromatic carbocycles. The molecule has 1 atom stereocenters. The van der Waals surface area contributed by atoms with E-state index in [1.54, 1.807) is 6.07 Å². The Balaban J connectivity index is 0.00000288. The van der Waals surface area contributed by atoms with Gasteiger partial charge in [-0.25, -0.2) is 0 Å². The van der Waals surface area contributed by atoms with Gasteiger partial charge in [-0.1, -0.05) is 36.4 Å². The van der Waals surface area contributed by atoms with Crippen LogP contribution < -0.4 is 10.5 Å². The van der Waals surface area contributed by atoms with E-state index in [4.69, 9.17) is 10.5 Å². The van der Waals surface area contributed by atoms with Gasteiger partial charge >= 0.3 is 6.18 Å². The summed E-state index contributed by atoms with van der Waals surface area (Å²) in [5.74, 6) is 0.267. The number of nitrogens with two attached hydrogens (primary N) is 1. The number of phenolic OH excluding ortho intramolecular Hbond substituents is 1. The molecule has 3 N–H and O–H groups in total. The van der Waals surface area contributed by atoms with Crippen LogP contribution in [0.15, 0.2) is 48.5 Å². The quantitative estimate of drug-likeness (QED) is 0.781. The lowest BCUT2D eigenvalue weighted by Gasteiger charge is -2.16. The molecule has 0 amide bonds. The maximum atomic E-state index is 12.2. The first kappa shape index (κ1) is 20.1. The third kappa shape index (κ3) is 6.29. The van der Waals surface area contributed by atoms with Crippen LogP contribution in [0.4, 0.5) is 13.2 Å². The summed E-state index contributed by atoms with van der Waals surface area (Å²) in [6.07, 6.45) is -5.52. The summed E-state index contributed by atoms with van der Waals surface area (Å²) in [4.78, 5) is 0. The third-order valence-electron chi connectivity index (χ3n) is 3.39. The minimum absolute atomic E-state index is 0. The minimum atomic E-state index is -4.26. The number of benzene rings is 2. The molecule has 2 aromatic rings. The van der Waals surface area contributed by atoms with Gasteiger partial charge in [0.1, 0.15) is 18.1 Å². The van der Waals surface area contributed by atoms with Gasteiger partial charge in [-0.2, -0.15) is 13.2 Å². The van der Waals surface area contributed by atoms with Crippen molar-refractivity contribution in [2.45, 2.75) is 31.7 Å². The number of phenols is 1. The second-order valence-electron chi connectivity index (χ2n) is 5.26. The maximum absolute atomic E-state index is 12.2. The number of alkyl halides is 3. The van der Waals surface area contributed by atoms with Crippen LogP contribution in [0.2, 0.25) is 0 Å². The van der Waals surface area contributed by atoms with Crippen molar-refractivity contribution < 1.29 is 23.0 Å². The lowest BCUT2D eigenvalue weighted by Crippen LogP contribution is -2.16. The van der Waals surface area contributed by atoms with Crippen LogP contribution in [0.25, 0.3) is 0 Å². The number of hydrogen-bond acceptors (Lipinski definition) is 3. The fraction of sp³-hybridized carbons (Fsp3) is 0.294. The molecule has 0 unspecified atom stereocenters. The Bertz CT molecular complexity index is 635. The first-order valence-corrected chi connectivity index (χ1v) is 7.17. The molecule has 0 aliphatic heterocycles. The first-order valence-electron chi connectivity index (χ1n) is 7.17. The molecule has 0 aliphatic rings. The summed E-state index contributed by atoms with van der Waals surface area (Å²) >= 11 is 0. The van der Waals surface area contributed by atoms with Crippen LogP contribution in [0.5, 0.6) is 11.5 Å². The van der Waals surface area contributed by atoms with E-state index in [0.29, 0.717) is 12.4 Å². The summed E-state index contributed by atoms with van der Waals surface area (Å²) in [5.41, 5.74) is 6.97. The fourth-order valence-corrected chi connectivity index (χ4v) is 2.14. The maximum Gasteiger partial charge on any atom is 0.389 e. The van der Waals surface area contributed by atoms with Crippen molar-refractivity contribution in [3.63, 3.8) is 0 Å². The molecule has 0 spiro atoms. The number of halogens is 4. The summed E-state index contributed by atoms with van der Waals surface area (Å²) in [6, 6.07) is 13.1. The average molecular weight is 362 g/mol. The van der Waals surface area contributed by atoms with Gasteiger partial charge in [0.05, 0.1) is 0 Å². The highest BCUT2D eigenvalue weighted by molar-refractivity contribution is 5.85. The molecule has 2 rings (SSSR count). The molecule has 0 aromatic heterocycles. The Morgan fingerprint density at radius 3 is 2.33 bits per heavy atom. The SMILES string of the molecule is Cl.N[C@@H](CCC(F)(F)F)c1ccc(OCc2ccccc2)cc1O. The van der Waals surface area contributed by atoms with Gasteiger partial charge < -0.3 is 15.6 Å². The monoisotopic (exact) mass is 361 g/mol. The Morgan fingerprint density at radius 2 is 1.75 bits per heavy atom. The molecule has 0 aliphatic carbocycles. The van der Waals surface area contributed by atoms with Crippen LogP contribution in [-0.4, -0.2) is 11.3 Å². The van der Waals surface area contributed by atoms with Crippen molar-refractivity contribution in [2.75, 3.05) is 0 Å². The van der Waals surface area contributed by atoms with Gasteiger partial charge in [0.2, 0.25) is 0 Å². The Hall–Kier alpha value is -1.92. The van der Waals surface area contributed by atoms with Crippen LogP contribution in [0.3, 0.4) is 0 Å². The summed E-state index contributed by atoms with van der Waals surface area (Å²) < 4.78 is 42.2. The third-order valence-corrected chi connectivity index (χ3v) is 3.39. The molecule has 0 bridgehead atoms. The predicted octanol–water partition coefficient (Wildman–Crippen LogP) is 4.74. The van der Waals surface area contributed by atoms with Crippen LogP contribution in [-0.2, 0) is 6.61 Å². The molecule has 0 heterocycles. The first-order chi connectivity index (χ1) is 10.8. The van der Waals surface area contributed by atoms with Crippen molar-refractivity contribution in [2.24, 2.45) is 5.73 Å². The molecular formula is C17H19ClF3NO2. The highest BCUT2D eigenvalue weighted by atomic mass is 35.5. The van der Waals surface area contributed by atoms with E-state index < -0.39 is 18.6 Å². The Labute approximate surface area is 144 Å². The average Bonchev–Trinajstić information content (AvgIpc) is 2.51. The highest BCUT2D eigenvalue weighted by Crippen LogP contribution is 2.32. The van der Waals surface area contributed by atoms with Gasteiger partial charge in [0, 0.05) is 24.1 Å². The van der Waals surface area contributed by atoms with Gasteiger partial charge in [0.15, 0.2) is 0 Å². The second kappa shape index (κ2) is 8.80. The zero-order valence-corrected chi connectivity index (χ0v) is 13.6. The van der Waals surface area contributed by atoms with Crippen molar-refractivity contribution >= 4 is 12.4 Å². The zero-order chi connectivity index (χ0) is 16.9. The van der Waals surface area contributed by atoms with Crippen molar-refractivity contribution in [1.29, 1.82) is 0 Å². The zero-order valence-electron chi connectivity index (χ0n) is 12.8. The van der Waals surface area contributed by atoms with E-state index in [1.165, 1.54) is 12.1 Å². The van der Waals surface area contributed by atoms with Crippen molar-refractivity contribution in [3.05, 3.63) is 59.7 Å². The topological polar surface area (TPSA) is 55.5 Å². The molecule has 0 radical (unpaired) electrons. The molecule has 0 saturated carbocycles. The second-order valence-corrected chi connectivity index (χ2v) is 5.26. The molecule has 0 fully saturated rings. The van der Waals surface area contributed by atoms with E-state index >= 15 is 0 Å². The molecular weight excluding hydrogens is 343 g/mol. The van der Waals surface area contributed by atoms with Crippen LogP contribution >= 0.6 is 12.4 Å². The van der Waals surface area contributed by atoms with Gasteiger partial charge in [-0.15, -0.1) is 12.4 Å². The van der Waals surface area contributed by atoms with Crippen molar-refractivity contribution in [1.82, 2.24) is 0 Å². The number of aromatic hydroxyl groups is 1. The Morgan fingerprint density at radius 1 is 1.08 bits per heavy atom.